The third-order valence-corrected chi connectivity index (χ3v) is 4.50. The second-order valence-electron chi connectivity index (χ2n) is 7.77. The number of benzene rings is 2. The molecule has 0 aliphatic heterocycles. The summed E-state index contributed by atoms with van der Waals surface area (Å²) >= 11 is 5.36. The molecule has 11 heteroatoms. The number of nitrogens with zero attached hydrogens (tertiary/aromatic N) is 2. The zero-order chi connectivity index (χ0) is 23.0. The summed E-state index contributed by atoms with van der Waals surface area (Å²) in [5.74, 6) is -1.02. The van der Waals surface area contributed by atoms with E-state index in [0.717, 1.165) is 6.07 Å². The van der Waals surface area contributed by atoms with Crippen LogP contribution in [0.2, 0.25) is 0 Å². The van der Waals surface area contributed by atoms with Gasteiger partial charge in [-0.2, -0.15) is 0 Å². The van der Waals surface area contributed by atoms with E-state index >= 15 is 0 Å². The van der Waals surface area contributed by atoms with Crippen LogP contribution in [0.5, 0.6) is 5.75 Å². The van der Waals surface area contributed by atoms with Crippen LogP contribution < -0.4 is 10.1 Å². The maximum Gasteiger partial charge on any atom is 0.344 e. The number of ether oxygens (including phenoxy) is 2. The summed E-state index contributed by atoms with van der Waals surface area (Å²) in [6.45, 7) is 0.721. The molecule has 0 radical (unpaired) electrons. The number of esters is 1. The van der Waals surface area contributed by atoms with Gasteiger partial charge in [0.15, 0.2) is 6.61 Å². The van der Waals surface area contributed by atoms with Gasteiger partial charge in [-0.1, -0.05) is 24.4 Å². The zero-order valence-electron chi connectivity index (χ0n) is 18.0. The van der Waals surface area contributed by atoms with Crippen molar-refractivity contribution < 1.29 is 28.1 Å². The molecule has 2 aromatic carbocycles. The highest BCUT2D eigenvalue weighted by atomic mass is 35.5. The number of nitro groups is 1. The quantitative estimate of drug-likeness (QED) is 0.181. The second kappa shape index (κ2) is 12.3. The molecule has 174 valence electrons. The third-order valence-electron chi connectivity index (χ3n) is 4.13. The van der Waals surface area contributed by atoms with Crippen molar-refractivity contribution in [2.75, 3.05) is 40.9 Å². The van der Waals surface area contributed by atoms with Crippen LogP contribution in [0.1, 0.15) is 11.1 Å². The fourth-order valence-corrected chi connectivity index (χ4v) is 2.71. The lowest BCUT2D eigenvalue weighted by Crippen LogP contribution is -2.38. The average molecular weight is 487 g/mol. The molecule has 0 saturated heterocycles. The molecule has 0 bridgehead atoms. The Kier molecular flexibility index (Phi) is 10.4. The van der Waals surface area contributed by atoms with Crippen LogP contribution in [0.3, 0.4) is 0 Å². The van der Waals surface area contributed by atoms with Crippen LogP contribution in [0.15, 0.2) is 42.5 Å². The lowest BCUT2D eigenvalue weighted by Gasteiger charge is -2.23. The van der Waals surface area contributed by atoms with Crippen molar-refractivity contribution in [3.05, 3.63) is 69.5 Å². The predicted molar refractivity (Wildman–Crippen MR) is 125 cm³/mol. The summed E-state index contributed by atoms with van der Waals surface area (Å²) in [5.41, 5.74) is 1.02. The number of nitrogens with one attached hydrogen (secondary N) is 1. The van der Waals surface area contributed by atoms with Crippen LogP contribution >= 0.6 is 24.6 Å². The fourth-order valence-electron chi connectivity index (χ4n) is 2.47. The van der Waals surface area contributed by atoms with E-state index in [9.17, 15) is 19.3 Å². The normalized spacial score (nSPS) is 10.6. The van der Waals surface area contributed by atoms with Crippen molar-refractivity contribution in [2.45, 2.75) is 6.54 Å². The SMILES string of the molecule is C[N+](C)(C)CCOC(=O)COc1cc(F)ccc1C(=S)NCc1cccc([N+](=O)[O-])c1.Cl. The highest BCUT2D eigenvalue weighted by molar-refractivity contribution is 7.80. The Balaban J connectivity index is 0.00000512. The molecule has 0 saturated carbocycles. The van der Waals surface area contributed by atoms with Crippen LogP contribution in [-0.4, -0.2) is 61.3 Å². The van der Waals surface area contributed by atoms with Crippen LogP contribution in [-0.2, 0) is 16.1 Å². The first-order valence-electron chi connectivity index (χ1n) is 9.45. The van der Waals surface area contributed by atoms with Crippen molar-refractivity contribution in [2.24, 2.45) is 0 Å². The topological polar surface area (TPSA) is 90.7 Å². The Morgan fingerprint density at radius 1 is 1.22 bits per heavy atom. The van der Waals surface area contributed by atoms with E-state index in [0.29, 0.717) is 22.2 Å². The van der Waals surface area contributed by atoms with E-state index in [4.69, 9.17) is 21.7 Å². The minimum atomic E-state index is -0.570. The molecule has 1 N–H and O–H groups in total. The summed E-state index contributed by atoms with van der Waals surface area (Å²) in [5, 5.41) is 13.9. The van der Waals surface area contributed by atoms with Crippen LogP contribution in [0, 0.1) is 15.9 Å². The first-order chi connectivity index (χ1) is 14.5. The summed E-state index contributed by atoms with van der Waals surface area (Å²) in [4.78, 5) is 22.6. The summed E-state index contributed by atoms with van der Waals surface area (Å²) < 4.78 is 24.9. The Labute approximate surface area is 197 Å². The van der Waals surface area contributed by atoms with E-state index in [1.807, 2.05) is 21.1 Å². The number of non-ortho nitro benzene ring substituents is 1. The predicted octanol–water partition coefficient (Wildman–Crippen LogP) is 3.25. The van der Waals surface area contributed by atoms with Gasteiger partial charge in [-0.15, -0.1) is 12.4 Å². The Hall–Kier alpha value is -2.82. The first kappa shape index (κ1) is 27.2. The van der Waals surface area contributed by atoms with Gasteiger partial charge in [-0.05, 0) is 17.7 Å². The van der Waals surface area contributed by atoms with Gasteiger partial charge >= 0.3 is 5.97 Å². The molecular formula is C21H26ClFN3O5S+. The van der Waals surface area contributed by atoms with Gasteiger partial charge in [0.1, 0.15) is 29.7 Å². The third kappa shape index (κ3) is 9.13. The van der Waals surface area contributed by atoms with Crippen molar-refractivity contribution in [1.82, 2.24) is 5.32 Å². The number of rotatable bonds is 10. The molecule has 0 amide bonds. The molecule has 0 atom stereocenters. The van der Waals surface area contributed by atoms with Gasteiger partial charge in [0.05, 0.1) is 31.6 Å². The van der Waals surface area contributed by atoms with Crippen LogP contribution in [0.4, 0.5) is 10.1 Å². The summed E-state index contributed by atoms with van der Waals surface area (Å²) in [6, 6.07) is 9.93. The summed E-state index contributed by atoms with van der Waals surface area (Å²) in [7, 11) is 5.93. The standard InChI is InChI=1S/C21H24FN3O5S.ClH/c1-25(2,3)9-10-29-20(26)14-30-19-12-16(22)7-8-18(19)21(31)23-13-15-5-4-6-17(11-15)24(27)28;/h4-8,11-12H,9-10,13-14H2,1-3H3;1H/p+1. The smallest absolute Gasteiger partial charge is 0.344 e. The van der Waals surface area contributed by atoms with Gasteiger partial charge < -0.3 is 19.3 Å². The Morgan fingerprint density at radius 3 is 2.59 bits per heavy atom. The molecule has 0 aliphatic rings. The number of carbonyl (C=O) groups excluding carboxylic acids is 1. The van der Waals surface area contributed by atoms with Gasteiger partial charge in [-0.3, -0.25) is 10.1 Å². The number of quaternary nitrogens is 1. The molecule has 0 spiro atoms. The molecule has 0 fully saturated rings. The lowest BCUT2D eigenvalue weighted by atomic mass is 10.1. The molecule has 0 aromatic heterocycles. The molecule has 2 rings (SSSR count). The zero-order valence-corrected chi connectivity index (χ0v) is 19.6. The molecule has 0 heterocycles. The number of likely N-dealkylation sites (N-methyl/N-ethyl adjacent to an activating group) is 1. The van der Waals surface area contributed by atoms with E-state index in [1.165, 1.54) is 24.3 Å². The minimum Gasteiger partial charge on any atom is -0.481 e. The summed E-state index contributed by atoms with van der Waals surface area (Å²) in [6.07, 6.45) is 0. The van der Waals surface area contributed by atoms with Gasteiger partial charge in [0.25, 0.3) is 5.69 Å². The van der Waals surface area contributed by atoms with Crippen molar-refractivity contribution >= 4 is 41.3 Å². The fraction of sp³-hybridized carbons (Fsp3) is 0.333. The second-order valence-corrected chi connectivity index (χ2v) is 8.18. The van der Waals surface area contributed by atoms with E-state index in [-0.39, 0.29) is 48.6 Å². The maximum atomic E-state index is 13.7. The molecule has 8 nitrogen and oxygen atoms in total. The number of hydrogen-bond donors (Lipinski definition) is 1. The van der Waals surface area contributed by atoms with Crippen molar-refractivity contribution in [3.63, 3.8) is 0 Å². The Morgan fingerprint density at radius 2 is 1.94 bits per heavy atom. The number of nitro benzene ring substituents is 1. The minimum absolute atomic E-state index is 0. The Bertz CT molecular complexity index is 969. The molecule has 0 unspecified atom stereocenters. The van der Waals surface area contributed by atoms with Crippen LogP contribution in [0.25, 0.3) is 0 Å². The van der Waals surface area contributed by atoms with Crippen molar-refractivity contribution in [1.29, 1.82) is 0 Å². The lowest BCUT2D eigenvalue weighted by molar-refractivity contribution is -0.870. The average Bonchev–Trinajstić information content (AvgIpc) is 2.69. The number of carbonyl (C=O) groups is 1. The molecule has 2 aromatic rings. The van der Waals surface area contributed by atoms with Gasteiger partial charge in [0.2, 0.25) is 0 Å². The van der Waals surface area contributed by atoms with E-state index in [1.54, 1.807) is 12.1 Å². The maximum absolute atomic E-state index is 13.7. The highest BCUT2D eigenvalue weighted by Crippen LogP contribution is 2.21. The number of thiocarbonyl (C=S) groups is 1. The number of hydrogen-bond acceptors (Lipinski definition) is 6. The van der Waals surface area contributed by atoms with E-state index in [2.05, 4.69) is 5.32 Å². The monoisotopic (exact) mass is 486 g/mol. The van der Waals surface area contributed by atoms with E-state index < -0.39 is 16.7 Å². The highest BCUT2D eigenvalue weighted by Gasteiger charge is 2.15. The van der Waals surface area contributed by atoms with Crippen molar-refractivity contribution in [3.8, 4) is 5.75 Å². The van der Waals surface area contributed by atoms with Gasteiger partial charge in [0, 0.05) is 24.7 Å². The number of halogens is 2. The largest absolute Gasteiger partial charge is 0.481 e. The molecule has 32 heavy (non-hydrogen) atoms. The van der Waals surface area contributed by atoms with Gasteiger partial charge in [-0.25, -0.2) is 9.18 Å². The first-order valence-corrected chi connectivity index (χ1v) is 9.86. The molecule has 0 aliphatic carbocycles. The molecular weight excluding hydrogens is 461 g/mol.